The van der Waals surface area contributed by atoms with Gasteiger partial charge in [0.25, 0.3) is 0 Å². The Bertz CT molecular complexity index is 4940. The molecule has 6 aromatic carbocycles. The van der Waals surface area contributed by atoms with Crippen LogP contribution >= 0.6 is 0 Å². The molecule has 3 saturated carbocycles. The van der Waals surface area contributed by atoms with Crippen molar-refractivity contribution in [3.05, 3.63) is 199 Å². The van der Waals surface area contributed by atoms with Crippen LogP contribution in [-0.4, -0.2) is 137 Å². The number of aromatic nitrogens is 12. The Hall–Kier alpha value is -10.8. The van der Waals surface area contributed by atoms with E-state index in [4.69, 9.17) is 29.9 Å². The fraction of sp³-hybridized carbons (Fsp3) is 0.429. The van der Waals surface area contributed by atoms with Crippen LogP contribution in [0.4, 0.5) is 35.3 Å². The first-order chi connectivity index (χ1) is 55.1. The molecule has 6 heterocycles. The molecular weight excluding hydrogens is 1400 g/mol. The lowest BCUT2D eigenvalue weighted by molar-refractivity contribution is -0.131. The second-order valence-electron chi connectivity index (χ2n) is 31.3. The van der Waals surface area contributed by atoms with Crippen LogP contribution in [0.2, 0.25) is 0 Å². The van der Waals surface area contributed by atoms with Crippen LogP contribution in [0.3, 0.4) is 0 Å². The van der Waals surface area contributed by atoms with Gasteiger partial charge in [-0.15, -0.1) is 0 Å². The SMILES string of the molecule is CCN(C(C)=O)C1CCC(Nc2nc(NCc3ccc(-c4ccccc4)cc3)c3ncn(C(C)C)c3n2)CC1.CCN(CC)C1CCC(Nc2nc(NCc3ccc(-c4ccccc4)cc3)c3ncn(C(C)C)c3n2)CC1.CCNC1CCC(Nc2nc(NCc3ccc(-c4ccccc4)cc3)c3ncn(C(C)C)c3n2)CC1. The topological polar surface area (TPSA) is 239 Å². The predicted octanol–water partition coefficient (Wildman–Crippen LogP) is 19.0. The van der Waals surface area contributed by atoms with Crippen molar-refractivity contribution in [2.75, 3.05) is 58.1 Å². The van der Waals surface area contributed by atoms with E-state index in [-0.39, 0.29) is 30.1 Å². The lowest BCUT2D eigenvalue weighted by atomic mass is 9.90. The molecule has 113 heavy (non-hydrogen) atoms. The standard InChI is InChI=1S/C31H39N7O.C31H41N7.C29H37N7/c1-5-37(22(4)39)27-17-15-26(16-18-27)34-31-35-29(28-30(36-31)38(20-33-28)21(2)3)32-19-23-11-13-25(14-12-23)24-9-7-6-8-10-24;1-5-37(6-2)27-18-16-26(17-19-27)34-31-35-29(28-30(36-31)38(21-33-28)22(3)4)32-20-23-12-14-25(15-13-23)24-10-8-7-9-11-24;1-4-30-24-14-16-25(17-15-24)33-29-34-27(26-28(35-29)36(19-32-26)20(2)3)31-18-21-10-12-23(13-11-21)22-8-6-5-7-9-22/h6-14,20-21,26-27H,5,15-19H2,1-4H3,(H2,32,34,35,36);7-15,21-22,26-27H,5-6,16-20H2,1-4H3,(H2,32,34,35,36);5-13,19-20,24-25,30H,4,14-18H2,1-3H3,(H2,31,33,34,35). The van der Waals surface area contributed by atoms with Crippen LogP contribution in [-0.2, 0) is 24.4 Å². The van der Waals surface area contributed by atoms with Gasteiger partial charge in [-0.2, -0.15) is 29.9 Å². The largest absolute Gasteiger partial charge is 0.364 e. The minimum atomic E-state index is 0.162. The maximum Gasteiger partial charge on any atom is 0.227 e. The number of amides is 1. The molecule has 0 unspecified atom stereocenters. The summed E-state index contributed by atoms with van der Waals surface area (Å²) in [5.41, 5.74) is 15.8. The molecule has 3 fully saturated rings. The number of carbonyl (C=O) groups excluding carboxylic acids is 1. The van der Waals surface area contributed by atoms with Crippen molar-refractivity contribution in [2.45, 2.75) is 227 Å². The molecular formula is C91H117N21O. The van der Waals surface area contributed by atoms with E-state index < -0.39 is 0 Å². The van der Waals surface area contributed by atoms with Gasteiger partial charge in [-0.1, -0.05) is 185 Å². The fourth-order valence-electron chi connectivity index (χ4n) is 16.2. The van der Waals surface area contributed by atoms with Crippen molar-refractivity contribution in [3.8, 4) is 33.4 Å². The first-order valence-corrected chi connectivity index (χ1v) is 41.5. The Morgan fingerprint density at radius 2 is 0.664 bits per heavy atom. The van der Waals surface area contributed by atoms with Gasteiger partial charge in [0.2, 0.25) is 23.8 Å². The van der Waals surface area contributed by atoms with Gasteiger partial charge in [0.1, 0.15) is 0 Å². The highest BCUT2D eigenvalue weighted by Crippen LogP contribution is 2.34. The summed E-state index contributed by atoms with van der Waals surface area (Å²) in [6.45, 7) is 29.3. The Balaban J connectivity index is 0.000000148. The third-order valence-corrected chi connectivity index (χ3v) is 22.6. The van der Waals surface area contributed by atoms with E-state index in [1.807, 2.05) is 42.1 Å². The second kappa shape index (κ2) is 38.6. The van der Waals surface area contributed by atoms with Crippen LogP contribution in [0.25, 0.3) is 66.9 Å². The normalized spacial score (nSPS) is 17.7. The first-order valence-electron chi connectivity index (χ1n) is 41.5. The summed E-state index contributed by atoms with van der Waals surface area (Å²) >= 11 is 0. The van der Waals surface area contributed by atoms with Crippen LogP contribution in [0, 0.1) is 0 Å². The minimum Gasteiger partial charge on any atom is -0.364 e. The number of nitrogens with one attached hydrogen (secondary N) is 7. The fourth-order valence-corrected chi connectivity index (χ4v) is 16.2. The van der Waals surface area contributed by atoms with E-state index in [2.05, 4.69) is 286 Å². The van der Waals surface area contributed by atoms with Crippen molar-refractivity contribution in [2.24, 2.45) is 0 Å². The van der Waals surface area contributed by atoms with Gasteiger partial charge >= 0.3 is 0 Å². The lowest BCUT2D eigenvalue weighted by Gasteiger charge is -2.36. The average Bonchev–Trinajstić information content (AvgIpc) is 1.67. The van der Waals surface area contributed by atoms with Gasteiger partial charge < -0.3 is 60.7 Å². The van der Waals surface area contributed by atoms with Gasteiger partial charge in [-0.05, 0) is 195 Å². The number of benzene rings is 6. The summed E-state index contributed by atoms with van der Waals surface area (Å²) in [5, 5.41) is 25.1. The van der Waals surface area contributed by atoms with Gasteiger partial charge in [0.15, 0.2) is 50.9 Å². The molecule has 592 valence electrons. The monoisotopic (exact) mass is 1520 g/mol. The molecule has 0 saturated heterocycles. The third-order valence-electron chi connectivity index (χ3n) is 22.6. The molecule has 22 nitrogen and oxygen atoms in total. The van der Waals surface area contributed by atoms with E-state index in [0.717, 1.165) is 128 Å². The number of rotatable bonds is 28. The molecule has 0 aliphatic heterocycles. The van der Waals surface area contributed by atoms with Crippen molar-refractivity contribution < 1.29 is 4.79 Å². The van der Waals surface area contributed by atoms with Gasteiger partial charge in [-0.3, -0.25) is 4.79 Å². The van der Waals surface area contributed by atoms with E-state index in [1.54, 1.807) is 6.92 Å². The molecule has 0 spiro atoms. The van der Waals surface area contributed by atoms with Crippen molar-refractivity contribution >= 4 is 74.7 Å². The number of fused-ring (bicyclic) bond motifs is 3. The van der Waals surface area contributed by atoms with Gasteiger partial charge in [0, 0.05) is 87.5 Å². The Kier molecular flexibility index (Phi) is 27.4. The predicted molar refractivity (Wildman–Crippen MR) is 463 cm³/mol. The first kappa shape index (κ1) is 80.2. The smallest absolute Gasteiger partial charge is 0.227 e. The second-order valence-corrected chi connectivity index (χ2v) is 31.3. The molecule has 22 heteroatoms. The lowest BCUT2D eigenvalue weighted by Crippen LogP contribution is -2.43. The highest BCUT2D eigenvalue weighted by atomic mass is 16.2. The summed E-state index contributed by atoms with van der Waals surface area (Å²) < 4.78 is 6.33. The number of anilines is 6. The number of hydrogen-bond acceptors (Lipinski definition) is 18. The number of nitrogens with zero attached hydrogens (tertiary/aromatic N) is 14. The molecule has 0 radical (unpaired) electrons. The van der Waals surface area contributed by atoms with Crippen molar-refractivity contribution in [3.63, 3.8) is 0 Å². The van der Waals surface area contributed by atoms with Crippen LogP contribution in [0.15, 0.2) is 183 Å². The van der Waals surface area contributed by atoms with Crippen molar-refractivity contribution in [1.82, 2.24) is 73.7 Å². The van der Waals surface area contributed by atoms with Crippen LogP contribution in [0.1, 0.15) is 188 Å². The highest BCUT2D eigenvalue weighted by Gasteiger charge is 2.30. The number of imidazole rings is 3. The molecule has 15 rings (SSSR count). The molecule has 7 N–H and O–H groups in total. The average molecular weight is 1520 g/mol. The number of carbonyl (C=O) groups is 1. The maximum absolute atomic E-state index is 12.0. The van der Waals surface area contributed by atoms with Crippen LogP contribution < -0.4 is 37.2 Å². The Morgan fingerprint density at radius 3 is 0.947 bits per heavy atom. The number of hydrogen-bond donors (Lipinski definition) is 7. The summed E-state index contributed by atoms with van der Waals surface area (Å²) in [5.74, 6) is 4.43. The van der Waals surface area contributed by atoms with E-state index in [9.17, 15) is 4.79 Å². The molecule has 12 aromatic rings. The third kappa shape index (κ3) is 20.5. The highest BCUT2D eigenvalue weighted by molar-refractivity contribution is 5.86. The summed E-state index contributed by atoms with van der Waals surface area (Å²) in [6, 6.07) is 60.8. The Morgan fingerprint density at radius 1 is 0.372 bits per heavy atom. The zero-order chi connectivity index (χ0) is 78.7. The van der Waals surface area contributed by atoms with E-state index >= 15 is 0 Å². The molecule has 0 bridgehead atoms. The van der Waals surface area contributed by atoms with Crippen molar-refractivity contribution in [1.29, 1.82) is 0 Å². The summed E-state index contributed by atoms with van der Waals surface area (Å²) in [4.78, 5) is 59.9. The molecule has 0 atom stereocenters. The Labute approximate surface area is 667 Å². The molecule has 6 aromatic heterocycles. The molecule has 3 aliphatic carbocycles. The van der Waals surface area contributed by atoms with E-state index in [1.165, 1.54) is 75.8 Å². The zero-order valence-corrected chi connectivity index (χ0v) is 68.1. The van der Waals surface area contributed by atoms with Gasteiger partial charge in [0.05, 0.1) is 19.0 Å². The maximum atomic E-state index is 12.0. The zero-order valence-electron chi connectivity index (χ0n) is 68.1. The summed E-state index contributed by atoms with van der Waals surface area (Å²) in [7, 11) is 0. The van der Waals surface area contributed by atoms with Crippen LogP contribution in [0.5, 0.6) is 0 Å². The van der Waals surface area contributed by atoms with E-state index in [0.29, 0.717) is 67.7 Å². The quantitative estimate of drug-likeness (QED) is 0.0241. The minimum absolute atomic E-state index is 0.162. The summed E-state index contributed by atoms with van der Waals surface area (Å²) in [6.07, 6.45) is 18.9. The molecule has 3 aliphatic rings. The molecule has 1 amide bonds. The van der Waals surface area contributed by atoms with Gasteiger partial charge in [-0.25, -0.2) is 15.0 Å².